The van der Waals surface area contributed by atoms with Gasteiger partial charge in [0.15, 0.2) is 0 Å². The summed E-state index contributed by atoms with van der Waals surface area (Å²) >= 11 is 3.58. The van der Waals surface area contributed by atoms with E-state index in [0.29, 0.717) is 0 Å². The molecule has 2 nitrogen and oxygen atoms in total. The summed E-state index contributed by atoms with van der Waals surface area (Å²) in [7, 11) is 0. The molecule has 4 heteroatoms. The van der Waals surface area contributed by atoms with Gasteiger partial charge in [-0.15, -0.1) is 0 Å². The lowest BCUT2D eigenvalue weighted by Crippen LogP contribution is -2.22. The molecule has 0 bridgehead atoms. The maximum Gasteiger partial charge on any atom is 0.339 e. The van der Waals surface area contributed by atoms with E-state index >= 15 is 0 Å². The Morgan fingerprint density at radius 1 is 1.88 bits per heavy atom. The summed E-state index contributed by atoms with van der Waals surface area (Å²) in [5, 5.41) is 7.20. The van der Waals surface area contributed by atoms with Gasteiger partial charge < -0.3 is 5.11 Å². The second kappa shape index (κ2) is 2.91. The van der Waals surface area contributed by atoms with Crippen LogP contribution in [0, 0.1) is 0 Å². The van der Waals surface area contributed by atoms with Gasteiger partial charge in [-0.1, -0.05) is 6.92 Å². The van der Waals surface area contributed by atoms with Crippen LogP contribution in [0.4, 0.5) is 4.39 Å². The van der Waals surface area contributed by atoms with Crippen molar-refractivity contribution in [1.29, 1.82) is 0 Å². The summed E-state index contributed by atoms with van der Waals surface area (Å²) in [6.07, 6.45) is -1.85. The highest BCUT2D eigenvalue weighted by Gasteiger charge is 2.19. The average Bonchev–Trinajstić information content (AvgIpc) is 1.64. The zero-order chi connectivity index (χ0) is 6.73. The molecule has 0 aromatic heterocycles. The quantitative estimate of drug-likeness (QED) is 0.552. The zero-order valence-electron chi connectivity index (χ0n) is 4.34. The molecular formula is C4H7FO2S. The number of hydrogen-bond acceptors (Lipinski definition) is 2. The molecule has 0 aliphatic carbocycles. The maximum atomic E-state index is 12.0. The molecule has 48 valence electrons. The van der Waals surface area contributed by atoms with E-state index in [2.05, 4.69) is 12.6 Å². The lowest BCUT2D eigenvalue weighted by Gasteiger charge is -2.02. The highest BCUT2D eigenvalue weighted by Crippen LogP contribution is 2.04. The van der Waals surface area contributed by atoms with Crippen LogP contribution in [0.5, 0.6) is 0 Å². The molecule has 0 spiro atoms. The van der Waals surface area contributed by atoms with E-state index in [1.165, 1.54) is 6.92 Å². The Kier molecular flexibility index (Phi) is 2.82. The van der Waals surface area contributed by atoms with Crippen LogP contribution in [0.2, 0.25) is 0 Å². The molecule has 0 aliphatic heterocycles. The summed E-state index contributed by atoms with van der Waals surface area (Å²) in [5.74, 6) is -1.45. The van der Waals surface area contributed by atoms with Crippen LogP contribution in [0.25, 0.3) is 0 Å². The number of thiol groups is 1. The number of carboxylic acids is 1. The van der Waals surface area contributed by atoms with E-state index in [1.54, 1.807) is 0 Å². The SMILES string of the molecule is CC(S)C(F)C(=O)O. The minimum atomic E-state index is -1.85. The van der Waals surface area contributed by atoms with Crippen LogP contribution in [-0.4, -0.2) is 22.5 Å². The van der Waals surface area contributed by atoms with Crippen molar-refractivity contribution in [1.82, 2.24) is 0 Å². The van der Waals surface area contributed by atoms with Crippen molar-refractivity contribution < 1.29 is 14.3 Å². The predicted molar refractivity (Wildman–Crippen MR) is 31.0 cm³/mol. The normalized spacial score (nSPS) is 17.4. The van der Waals surface area contributed by atoms with Gasteiger partial charge in [0.05, 0.1) is 0 Å². The molecule has 0 heterocycles. The second-order valence-corrected chi connectivity index (χ2v) is 2.30. The molecule has 0 rings (SSSR count). The summed E-state index contributed by atoms with van der Waals surface area (Å²) in [4.78, 5) is 9.72. The van der Waals surface area contributed by atoms with Crippen LogP contribution < -0.4 is 0 Å². The summed E-state index contributed by atoms with van der Waals surface area (Å²) < 4.78 is 12.0. The molecule has 0 aromatic carbocycles. The van der Waals surface area contributed by atoms with Gasteiger partial charge in [-0.05, 0) is 0 Å². The first-order valence-electron chi connectivity index (χ1n) is 2.10. The highest BCUT2D eigenvalue weighted by atomic mass is 32.1. The molecular weight excluding hydrogens is 131 g/mol. The van der Waals surface area contributed by atoms with E-state index in [9.17, 15) is 9.18 Å². The van der Waals surface area contributed by atoms with Crippen molar-refractivity contribution in [3.05, 3.63) is 0 Å². The van der Waals surface area contributed by atoms with Crippen molar-refractivity contribution in [3.63, 3.8) is 0 Å². The highest BCUT2D eigenvalue weighted by molar-refractivity contribution is 7.81. The lowest BCUT2D eigenvalue weighted by atomic mass is 10.3. The van der Waals surface area contributed by atoms with Gasteiger partial charge in [-0.2, -0.15) is 12.6 Å². The molecule has 0 amide bonds. The van der Waals surface area contributed by atoms with Gasteiger partial charge >= 0.3 is 5.97 Å². The Hall–Kier alpha value is -0.250. The van der Waals surface area contributed by atoms with Crippen LogP contribution in [0.1, 0.15) is 6.92 Å². The summed E-state index contributed by atoms with van der Waals surface area (Å²) in [6, 6.07) is 0. The molecule has 0 aliphatic rings. The van der Waals surface area contributed by atoms with Crippen molar-refractivity contribution in [2.75, 3.05) is 0 Å². The van der Waals surface area contributed by atoms with E-state index < -0.39 is 17.4 Å². The number of carbonyl (C=O) groups is 1. The van der Waals surface area contributed by atoms with Crippen LogP contribution in [0.3, 0.4) is 0 Å². The first kappa shape index (κ1) is 7.75. The number of halogens is 1. The van der Waals surface area contributed by atoms with Crippen LogP contribution >= 0.6 is 12.6 Å². The number of carboxylic acid groups (broad SMARTS) is 1. The van der Waals surface area contributed by atoms with Gasteiger partial charge in [-0.3, -0.25) is 0 Å². The Labute approximate surface area is 52.1 Å². The minimum absolute atomic E-state index is 0.729. The zero-order valence-corrected chi connectivity index (χ0v) is 5.23. The lowest BCUT2D eigenvalue weighted by molar-refractivity contribution is -0.142. The van der Waals surface area contributed by atoms with Gasteiger partial charge in [0.2, 0.25) is 6.17 Å². The van der Waals surface area contributed by atoms with Crippen molar-refractivity contribution >= 4 is 18.6 Å². The monoisotopic (exact) mass is 138 g/mol. The Morgan fingerprint density at radius 3 is 2.25 bits per heavy atom. The third kappa shape index (κ3) is 2.16. The summed E-state index contributed by atoms with van der Waals surface area (Å²) in [6.45, 7) is 1.39. The Morgan fingerprint density at radius 2 is 2.25 bits per heavy atom. The molecule has 1 N–H and O–H groups in total. The predicted octanol–water partition coefficient (Wildman–Crippen LogP) is 0.727. The first-order chi connectivity index (χ1) is 3.55. The van der Waals surface area contributed by atoms with Crippen molar-refractivity contribution in [3.8, 4) is 0 Å². The van der Waals surface area contributed by atoms with Gasteiger partial charge in [0, 0.05) is 5.25 Å². The third-order valence-corrected chi connectivity index (χ3v) is 0.921. The van der Waals surface area contributed by atoms with Gasteiger partial charge in [-0.25, -0.2) is 9.18 Å². The molecule has 0 saturated heterocycles. The van der Waals surface area contributed by atoms with E-state index in [1.807, 2.05) is 0 Å². The number of aliphatic carboxylic acids is 1. The summed E-state index contributed by atoms with van der Waals surface area (Å²) in [5.41, 5.74) is 0. The Bertz CT molecular complexity index is 94.0. The number of hydrogen-bond donors (Lipinski definition) is 2. The third-order valence-electron chi connectivity index (χ3n) is 0.659. The average molecular weight is 138 g/mol. The fourth-order valence-electron chi connectivity index (χ4n) is 0.206. The minimum Gasteiger partial charge on any atom is -0.479 e. The molecule has 2 unspecified atom stereocenters. The topological polar surface area (TPSA) is 37.3 Å². The van der Waals surface area contributed by atoms with Crippen molar-refractivity contribution in [2.24, 2.45) is 0 Å². The fourth-order valence-corrected chi connectivity index (χ4v) is 0.334. The smallest absolute Gasteiger partial charge is 0.339 e. The number of alkyl halides is 1. The van der Waals surface area contributed by atoms with Crippen LogP contribution in [0.15, 0.2) is 0 Å². The van der Waals surface area contributed by atoms with E-state index in [4.69, 9.17) is 5.11 Å². The molecule has 8 heavy (non-hydrogen) atoms. The molecule has 0 aromatic rings. The Balaban J connectivity index is 3.64. The van der Waals surface area contributed by atoms with Crippen molar-refractivity contribution in [2.45, 2.75) is 18.3 Å². The largest absolute Gasteiger partial charge is 0.479 e. The molecule has 0 saturated carbocycles. The first-order valence-corrected chi connectivity index (χ1v) is 2.62. The molecule has 2 atom stereocenters. The van der Waals surface area contributed by atoms with E-state index in [0.717, 1.165) is 0 Å². The maximum absolute atomic E-state index is 12.0. The van der Waals surface area contributed by atoms with E-state index in [-0.39, 0.29) is 0 Å². The molecule has 0 fully saturated rings. The number of rotatable bonds is 2. The molecule has 0 radical (unpaired) electrons. The fraction of sp³-hybridized carbons (Fsp3) is 0.750. The standard InChI is InChI=1S/C4H7FO2S/c1-2(8)3(5)4(6)7/h2-3,8H,1H3,(H,6,7). The van der Waals surface area contributed by atoms with Crippen LogP contribution in [-0.2, 0) is 4.79 Å². The van der Waals surface area contributed by atoms with Gasteiger partial charge in [0.25, 0.3) is 0 Å². The second-order valence-electron chi connectivity index (χ2n) is 1.48. The van der Waals surface area contributed by atoms with Gasteiger partial charge in [0.1, 0.15) is 0 Å².